The predicted molar refractivity (Wildman–Crippen MR) is 90.7 cm³/mol. The summed E-state index contributed by atoms with van der Waals surface area (Å²) in [6.45, 7) is 7.60. The van der Waals surface area contributed by atoms with Crippen LogP contribution in [0, 0.1) is 0 Å². The van der Waals surface area contributed by atoms with Crippen LogP contribution >= 0.6 is 0 Å². The normalized spacial score (nSPS) is 19.4. The van der Waals surface area contributed by atoms with E-state index in [1.807, 2.05) is 0 Å². The Labute approximate surface area is 131 Å². The third-order valence-electron chi connectivity index (χ3n) is 5.18. The highest BCUT2D eigenvalue weighted by molar-refractivity contribution is 5.98. The van der Waals surface area contributed by atoms with E-state index < -0.39 is 5.97 Å². The molecule has 3 rings (SSSR count). The lowest BCUT2D eigenvalue weighted by Gasteiger charge is -2.31. The molecule has 1 aliphatic heterocycles. The number of carboxylic acid groups (broad SMARTS) is 1. The number of aliphatic carboxylic acids is 1. The van der Waals surface area contributed by atoms with Gasteiger partial charge >= 0.3 is 5.97 Å². The van der Waals surface area contributed by atoms with Crippen molar-refractivity contribution in [2.75, 3.05) is 11.4 Å². The molecule has 0 saturated heterocycles. The summed E-state index contributed by atoms with van der Waals surface area (Å²) in [5.41, 5.74) is 2.73. The van der Waals surface area contributed by atoms with Gasteiger partial charge in [-0.25, -0.2) is 0 Å². The molecule has 1 aliphatic rings. The van der Waals surface area contributed by atoms with Gasteiger partial charge in [0, 0.05) is 35.5 Å². The summed E-state index contributed by atoms with van der Waals surface area (Å²) in [6, 6.07) is 13.3. The molecule has 3 nitrogen and oxygen atoms in total. The van der Waals surface area contributed by atoms with E-state index in [-0.39, 0.29) is 11.8 Å². The van der Waals surface area contributed by atoms with Crippen molar-refractivity contribution in [2.45, 2.75) is 45.1 Å². The topological polar surface area (TPSA) is 40.5 Å². The fraction of sp³-hybridized carbons (Fsp3) is 0.421. The molecule has 116 valence electrons. The summed E-state index contributed by atoms with van der Waals surface area (Å²) in [5.74, 6) is -0.718. The number of fused-ring (bicyclic) bond motifs is 3. The lowest BCUT2D eigenvalue weighted by Crippen LogP contribution is -2.39. The molecule has 0 bridgehead atoms. The molecule has 0 spiro atoms. The van der Waals surface area contributed by atoms with E-state index >= 15 is 0 Å². The van der Waals surface area contributed by atoms with Crippen molar-refractivity contribution < 1.29 is 9.90 Å². The van der Waals surface area contributed by atoms with Gasteiger partial charge in [-0.1, -0.05) is 50.2 Å². The first-order valence-electron chi connectivity index (χ1n) is 7.93. The molecule has 1 unspecified atom stereocenters. The molecule has 0 aromatic heterocycles. The Balaban J connectivity index is 2.07. The fourth-order valence-corrected chi connectivity index (χ4v) is 3.60. The largest absolute Gasteiger partial charge is 0.481 e. The molecule has 2 aromatic rings. The SMILES string of the molecule is CC1N(CCCC(=O)O)c2c(ccc3ccccc23)C1(C)C. The van der Waals surface area contributed by atoms with Crippen molar-refractivity contribution in [1.82, 2.24) is 0 Å². The number of hydrogen-bond acceptors (Lipinski definition) is 2. The molecule has 0 aliphatic carbocycles. The lowest BCUT2D eigenvalue weighted by atomic mass is 9.81. The van der Waals surface area contributed by atoms with Crippen molar-refractivity contribution in [3.8, 4) is 0 Å². The van der Waals surface area contributed by atoms with Crippen LogP contribution in [-0.4, -0.2) is 23.7 Å². The number of benzene rings is 2. The molecule has 0 saturated carbocycles. The van der Waals surface area contributed by atoms with E-state index in [1.165, 1.54) is 22.0 Å². The summed E-state index contributed by atoms with van der Waals surface area (Å²) in [5, 5.41) is 11.4. The number of carbonyl (C=O) groups is 1. The van der Waals surface area contributed by atoms with Crippen LogP contribution < -0.4 is 4.90 Å². The van der Waals surface area contributed by atoms with Gasteiger partial charge in [0.2, 0.25) is 0 Å². The highest BCUT2D eigenvalue weighted by Crippen LogP contribution is 2.48. The second-order valence-electron chi connectivity index (χ2n) is 6.77. The van der Waals surface area contributed by atoms with Crippen molar-refractivity contribution in [2.24, 2.45) is 0 Å². The van der Waals surface area contributed by atoms with Crippen LogP contribution in [-0.2, 0) is 10.2 Å². The van der Waals surface area contributed by atoms with Crippen LogP contribution in [0.25, 0.3) is 10.8 Å². The standard InChI is InChI=1S/C19H23NO2/c1-13-19(2,3)16-11-10-14-7-4-5-8-15(14)18(16)20(13)12-6-9-17(21)22/h4-5,7-8,10-11,13H,6,9,12H2,1-3H3,(H,21,22). The third-order valence-corrected chi connectivity index (χ3v) is 5.18. The average molecular weight is 297 g/mol. The molecule has 0 radical (unpaired) electrons. The maximum atomic E-state index is 10.8. The highest BCUT2D eigenvalue weighted by Gasteiger charge is 2.42. The molecule has 1 atom stereocenters. The summed E-state index contributed by atoms with van der Waals surface area (Å²) < 4.78 is 0. The van der Waals surface area contributed by atoms with Gasteiger partial charge in [-0.3, -0.25) is 4.79 Å². The first kappa shape index (κ1) is 14.9. The predicted octanol–water partition coefficient (Wildman–Crippen LogP) is 4.19. The number of anilines is 1. The van der Waals surface area contributed by atoms with E-state index in [9.17, 15) is 4.79 Å². The molecule has 22 heavy (non-hydrogen) atoms. The summed E-state index contributed by atoms with van der Waals surface area (Å²) >= 11 is 0. The van der Waals surface area contributed by atoms with Crippen molar-refractivity contribution in [1.29, 1.82) is 0 Å². The first-order chi connectivity index (χ1) is 10.4. The Morgan fingerprint density at radius 3 is 2.68 bits per heavy atom. The highest BCUT2D eigenvalue weighted by atomic mass is 16.4. The Bertz CT molecular complexity index is 720. The zero-order chi connectivity index (χ0) is 15.9. The second kappa shape index (κ2) is 5.31. The average Bonchev–Trinajstić information content (AvgIpc) is 2.68. The molecule has 2 aromatic carbocycles. The van der Waals surface area contributed by atoms with Crippen LogP contribution in [0.4, 0.5) is 5.69 Å². The maximum absolute atomic E-state index is 10.8. The Morgan fingerprint density at radius 1 is 1.23 bits per heavy atom. The van der Waals surface area contributed by atoms with Gasteiger partial charge in [0.25, 0.3) is 0 Å². The smallest absolute Gasteiger partial charge is 0.303 e. The van der Waals surface area contributed by atoms with Crippen LogP contribution in [0.3, 0.4) is 0 Å². The fourth-order valence-electron chi connectivity index (χ4n) is 3.60. The molecular formula is C19H23NO2. The number of nitrogens with zero attached hydrogens (tertiary/aromatic N) is 1. The molecule has 0 fully saturated rings. The van der Waals surface area contributed by atoms with Crippen molar-refractivity contribution >= 4 is 22.4 Å². The zero-order valence-electron chi connectivity index (χ0n) is 13.5. The Hall–Kier alpha value is -2.03. The van der Waals surface area contributed by atoms with Gasteiger partial charge in [-0.05, 0) is 24.3 Å². The number of hydrogen-bond donors (Lipinski definition) is 1. The van der Waals surface area contributed by atoms with E-state index in [2.05, 4.69) is 62.1 Å². The monoisotopic (exact) mass is 297 g/mol. The van der Waals surface area contributed by atoms with Crippen LogP contribution in [0.15, 0.2) is 36.4 Å². The zero-order valence-corrected chi connectivity index (χ0v) is 13.5. The Kier molecular flexibility index (Phi) is 3.59. The van der Waals surface area contributed by atoms with Crippen LogP contribution in [0.5, 0.6) is 0 Å². The molecular weight excluding hydrogens is 274 g/mol. The van der Waals surface area contributed by atoms with Crippen LogP contribution in [0.1, 0.15) is 39.2 Å². The molecule has 3 heteroatoms. The van der Waals surface area contributed by atoms with E-state index in [0.717, 1.165) is 6.54 Å². The molecule has 1 N–H and O–H groups in total. The van der Waals surface area contributed by atoms with Gasteiger partial charge in [0.15, 0.2) is 0 Å². The van der Waals surface area contributed by atoms with Crippen LogP contribution in [0.2, 0.25) is 0 Å². The Morgan fingerprint density at radius 2 is 1.95 bits per heavy atom. The lowest BCUT2D eigenvalue weighted by molar-refractivity contribution is -0.137. The number of carboxylic acids is 1. The first-order valence-corrected chi connectivity index (χ1v) is 7.93. The number of rotatable bonds is 4. The molecule has 1 heterocycles. The van der Waals surface area contributed by atoms with E-state index in [0.29, 0.717) is 12.5 Å². The second-order valence-corrected chi connectivity index (χ2v) is 6.77. The summed E-state index contributed by atoms with van der Waals surface area (Å²) in [4.78, 5) is 13.2. The molecule has 0 amide bonds. The third kappa shape index (κ3) is 2.25. The van der Waals surface area contributed by atoms with Crippen molar-refractivity contribution in [3.63, 3.8) is 0 Å². The van der Waals surface area contributed by atoms with E-state index in [1.54, 1.807) is 0 Å². The van der Waals surface area contributed by atoms with Gasteiger partial charge in [-0.15, -0.1) is 0 Å². The van der Waals surface area contributed by atoms with Gasteiger partial charge in [-0.2, -0.15) is 0 Å². The van der Waals surface area contributed by atoms with E-state index in [4.69, 9.17) is 5.11 Å². The summed E-state index contributed by atoms with van der Waals surface area (Å²) in [7, 11) is 0. The minimum atomic E-state index is -0.718. The quantitative estimate of drug-likeness (QED) is 0.920. The minimum Gasteiger partial charge on any atom is -0.481 e. The minimum absolute atomic E-state index is 0.0720. The van der Waals surface area contributed by atoms with Gasteiger partial charge in [0.05, 0.1) is 0 Å². The van der Waals surface area contributed by atoms with Gasteiger partial charge in [0.1, 0.15) is 0 Å². The maximum Gasteiger partial charge on any atom is 0.303 e. The summed E-state index contributed by atoms with van der Waals surface area (Å²) in [6.07, 6.45) is 0.905. The van der Waals surface area contributed by atoms with Gasteiger partial charge < -0.3 is 10.0 Å². The van der Waals surface area contributed by atoms with Crippen molar-refractivity contribution in [3.05, 3.63) is 42.0 Å².